The predicted molar refractivity (Wildman–Crippen MR) is 48.5 cm³/mol. The average Bonchev–Trinajstić information content (AvgIpc) is 2.07. The van der Waals surface area contributed by atoms with Gasteiger partial charge in [0, 0.05) is 5.92 Å². The molecule has 0 aliphatic carbocycles. The van der Waals surface area contributed by atoms with Crippen LogP contribution in [0.25, 0.3) is 0 Å². The predicted octanol–water partition coefficient (Wildman–Crippen LogP) is 3.04. The fourth-order valence-corrected chi connectivity index (χ4v) is 1.37. The van der Waals surface area contributed by atoms with Crippen LogP contribution in [0.15, 0.2) is 0 Å². The Hall–Kier alpha value is -0.330. The second-order valence-electron chi connectivity index (χ2n) is 3.22. The van der Waals surface area contributed by atoms with Gasteiger partial charge in [-0.25, -0.2) is 0 Å². The van der Waals surface area contributed by atoms with Gasteiger partial charge < -0.3 is 4.79 Å². The number of carbonyl (C=O) groups excluding carboxylic acids is 1. The molecule has 0 fully saturated rings. The van der Waals surface area contributed by atoms with E-state index in [4.69, 9.17) is 0 Å². The van der Waals surface area contributed by atoms with Gasteiger partial charge in [-0.15, -0.1) is 0 Å². The zero-order valence-corrected chi connectivity index (χ0v) is 7.97. The fourth-order valence-electron chi connectivity index (χ4n) is 1.37. The van der Waals surface area contributed by atoms with Crippen molar-refractivity contribution in [1.29, 1.82) is 0 Å². The van der Waals surface area contributed by atoms with Gasteiger partial charge in [-0.05, 0) is 18.8 Å². The van der Waals surface area contributed by atoms with Crippen LogP contribution < -0.4 is 0 Å². The van der Waals surface area contributed by atoms with Crippen LogP contribution in [0.4, 0.5) is 0 Å². The molecular weight excluding hydrogens is 136 g/mol. The number of carbonyl (C=O) groups is 1. The highest BCUT2D eigenvalue weighted by atomic mass is 16.1. The summed E-state index contributed by atoms with van der Waals surface area (Å²) >= 11 is 0. The monoisotopic (exact) mass is 156 g/mol. The molecule has 11 heavy (non-hydrogen) atoms. The van der Waals surface area contributed by atoms with Crippen LogP contribution >= 0.6 is 0 Å². The minimum absolute atomic E-state index is 0.305. The lowest BCUT2D eigenvalue weighted by molar-refractivity contribution is -0.111. The first-order chi connectivity index (χ1) is 5.28. The van der Waals surface area contributed by atoms with E-state index in [1.165, 1.54) is 12.8 Å². The van der Waals surface area contributed by atoms with E-state index in [9.17, 15) is 4.79 Å². The minimum Gasteiger partial charge on any atom is -0.303 e. The summed E-state index contributed by atoms with van der Waals surface area (Å²) in [6, 6.07) is 0. The maximum Gasteiger partial charge on any atom is 0.123 e. The maximum absolute atomic E-state index is 10.5. The third kappa shape index (κ3) is 4.18. The summed E-state index contributed by atoms with van der Waals surface area (Å²) in [4.78, 5) is 10.5. The van der Waals surface area contributed by atoms with E-state index in [1.807, 2.05) is 0 Å². The Labute approximate surface area is 70.2 Å². The van der Waals surface area contributed by atoms with Crippen molar-refractivity contribution in [1.82, 2.24) is 0 Å². The second kappa shape index (κ2) is 6.38. The van der Waals surface area contributed by atoms with Gasteiger partial charge >= 0.3 is 0 Å². The summed E-state index contributed by atoms with van der Waals surface area (Å²) in [5.41, 5.74) is 0. The van der Waals surface area contributed by atoms with Crippen molar-refractivity contribution in [2.75, 3.05) is 0 Å². The molecule has 0 bridgehead atoms. The van der Waals surface area contributed by atoms with Gasteiger partial charge in [0.05, 0.1) is 0 Å². The lowest BCUT2D eigenvalue weighted by Gasteiger charge is -2.15. The third-order valence-corrected chi connectivity index (χ3v) is 2.51. The van der Waals surface area contributed by atoms with E-state index in [2.05, 4.69) is 20.8 Å². The molecule has 1 nitrogen and oxygen atoms in total. The smallest absolute Gasteiger partial charge is 0.123 e. The third-order valence-electron chi connectivity index (χ3n) is 2.51. The van der Waals surface area contributed by atoms with E-state index < -0.39 is 0 Å². The molecule has 1 heteroatoms. The molecule has 1 unspecified atom stereocenters. The molecule has 0 rings (SSSR count). The van der Waals surface area contributed by atoms with Crippen LogP contribution in [0.5, 0.6) is 0 Å². The molecule has 0 aliphatic heterocycles. The van der Waals surface area contributed by atoms with E-state index in [1.54, 1.807) is 0 Å². The molecule has 0 aliphatic rings. The summed E-state index contributed by atoms with van der Waals surface area (Å²) in [5.74, 6) is 1.06. The van der Waals surface area contributed by atoms with E-state index in [0.717, 1.165) is 25.0 Å². The second-order valence-corrected chi connectivity index (χ2v) is 3.22. The Morgan fingerprint density at radius 2 is 1.64 bits per heavy atom. The average molecular weight is 156 g/mol. The lowest BCUT2D eigenvalue weighted by atomic mass is 9.90. The van der Waals surface area contributed by atoms with Gasteiger partial charge in [-0.2, -0.15) is 0 Å². The summed E-state index contributed by atoms with van der Waals surface area (Å²) in [6.07, 6.45) is 5.62. The summed E-state index contributed by atoms with van der Waals surface area (Å²) in [5, 5.41) is 0. The Morgan fingerprint density at radius 1 is 1.09 bits per heavy atom. The van der Waals surface area contributed by atoms with Crippen LogP contribution in [-0.2, 0) is 4.79 Å². The topological polar surface area (TPSA) is 17.1 Å². The van der Waals surface area contributed by atoms with E-state index in [-0.39, 0.29) is 0 Å². The molecule has 0 saturated heterocycles. The zero-order valence-electron chi connectivity index (χ0n) is 7.97. The molecule has 0 N–H and O–H groups in total. The molecule has 1 atom stereocenters. The molecule has 0 aromatic carbocycles. The van der Waals surface area contributed by atoms with Crippen LogP contribution in [0.1, 0.15) is 46.5 Å². The van der Waals surface area contributed by atoms with Crippen molar-refractivity contribution in [3.05, 3.63) is 0 Å². The van der Waals surface area contributed by atoms with Gasteiger partial charge in [0.1, 0.15) is 6.29 Å². The van der Waals surface area contributed by atoms with Crippen LogP contribution in [0, 0.1) is 11.8 Å². The summed E-state index contributed by atoms with van der Waals surface area (Å²) in [6.45, 7) is 6.48. The largest absolute Gasteiger partial charge is 0.303 e. The number of hydrogen-bond acceptors (Lipinski definition) is 1. The Kier molecular flexibility index (Phi) is 6.19. The molecule has 0 aromatic rings. The standard InChI is InChI=1S/C10H20O/c1-4-9(5-2)7-10(6-3)8-11/h8-10H,4-7H2,1-3H3. The molecule has 0 aromatic heterocycles. The summed E-state index contributed by atoms with van der Waals surface area (Å²) < 4.78 is 0. The number of aldehydes is 1. The molecule has 0 heterocycles. The van der Waals surface area contributed by atoms with Crippen LogP contribution in [-0.4, -0.2) is 6.29 Å². The first kappa shape index (κ1) is 10.7. The highest BCUT2D eigenvalue weighted by Gasteiger charge is 2.10. The molecular formula is C10H20O. The van der Waals surface area contributed by atoms with Gasteiger partial charge in [0.2, 0.25) is 0 Å². The van der Waals surface area contributed by atoms with Gasteiger partial charge in [-0.1, -0.05) is 33.6 Å². The maximum atomic E-state index is 10.5. The fraction of sp³-hybridized carbons (Fsp3) is 0.900. The first-order valence-electron chi connectivity index (χ1n) is 4.73. The van der Waals surface area contributed by atoms with Crippen molar-refractivity contribution in [3.8, 4) is 0 Å². The van der Waals surface area contributed by atoms with Gasteiger partial charge in [0.15, 0.2) is 0 Å². The quantitative estimate of drug-likeness (QED) is 0.540. The number of rotatable bonds is 6. The molecule has 0 amide bonds. The zero-order chi connectivity index (χ0) is 8.69. The van der Waals surface area contributed by atoms with Gasteiger partial charge in [-0.3, -0.25) is 0 Å². The SMILES string of the molecule is CCC(C=O)CC(CC)CC. The van der Waals surface area contributed by atoms with Crippen molar-refractivity contribution in [2.45, 2.75) is 46.5 Å². The highest BCUT2D eigenvalue weighted by molar-refractivity contribution is 5.53. The Bertz CT molecular complexity index is 95.0. The summed E-state index contributed by atoms with van der Waals surface area (Å²) in [7, 11) is 0. The van der Waals surface area contributed by atoms with Gasteiger partial charge in [0.25, 0.3) is 0 Å². The molecule has 0 spiro atoms. The van der Waals surface area contributed by atoms with Crippen LogP contribution in [0.2, 0.25) is 0 Å². The molecule has 0 saturated carbocycles. The molecule has 0 radical (unpaired) electrons. The normalized spacial score (nSPS) is 13.5. The van der Waals surface area contributed by atoms with Crippen molar-refractivity contribution in [3.63, 3.8) is 0 Å². The van der Waals surface area contributed by atoms with Crippen molar-refractivity contribution in [2.24, 2.45) is 11.8 Å². The lowest BCUT2D eigenvalue weighted by Crippen LogP contribution is -2.07. The highest BCUT2D eigenvalue weighted by Crippen LogP contribution is 2.19. The van der Waals surface area contributed by atoms with Crippen LogP contribution in [0.3, 0.4) is 0 Å². The van der Waals surface area contributed by atoms with E-state index in [0.29, 0.717) is 5.92 Å². The number of hydrogen-bond donors (Lipinski definition) is 0. The van der Waals surface area contributed by atoms with Crippen molar-refractivity contribution >= 4 is 6.29 Å². The van der Waals surface area contributed by atoms with Crippen molar-refractivity contribution < 1.29 is 4.79 Å². The minimum atomic E-state index is 0.305. The van der Waals surface area contributed by atoms with E-state index >= 15 is 0 Å². The molecule has 66 valence electrons. The Balaban J connectivity index is 3.67. The Morgan fingerprint density at radius 3 is 1.91 bits per heavy atom. The first-order valence-corrected chi connectivity index (χ1v) is 4.73.